The molecule has 0 radical (unpaired) electrons. The number of benzene rings is 4. The molecule has 0 aliphatic heterocycles. The topological polar surface area (TPSA) is 116 Å². The highest BCUT2D eigenvalue weighted by Gasteiger charge is 2.23. The van der Waals surface area contributed by atoms with E-state index in [1.54, 1.807) is 18.2 Å². The smallest absolute Gasteiger partial charge is 0.339 e. The molecule has 186 valence electrons. The maximum atomic E-state index is 13.3. The standard InChI is InChI=1S/C29H24N2O5S/c32-25-15-14-22(18-24(25)29(35)36)31-28(34)27(20-10-5-2-6-11-20)37-23-13-7-12-21(17-23)30-26(33)16-19-8-3-1-4-9-19/h1-15,17-18,27,32H,16H2,(H,30,33)(H,31,34)(H,35,36). The molecule has 0 spiro atoms. The number of aromatic carboxylic acids is 1. The molecule has 1 atom stereocenters. The molecule has 4 rings (SSSR count). The molecule has 4 aromatic carbocycles. The zero-order valence-corrected chi connectivity index (χ0v) is 20.4. The first kappa shape index (κ1) is 25.5. The third kappa shape index (κ3) is 6.99. The maximum absolute atomic E-state index is 13.3. The Kier molecular flexibility index (Phi) is 8.22. The molecule has 37 heavy (non-hydrogen) atoms. The summed E-state index contributed by atoms with van der Waals surface area (Å²) in [6.45, 7) is 0. The Balaban J connectivity index is 1.52. The average molecular weight is 513 g/mol. The number of anilines is 2. The van der Waals surface area contributed by atoms with Crippen molar-refractivity contribution in [2.24, 2.45) is 0 Å². The predicted octanol–water partition coefficient (Wildman–Crippen LogP) is 5.74. The lowest BCUT2D eigenvalue weighted by atomic mass is 10.1. The lowest BCUT2D eigenvalue weighted by Crippen LogP contribution is -2.19. The van der Waals surface area contributed by atoms with Gasteiger partial charge in [0.05, 0.1) is 6.42 Å². The van der Waals surface area contributed by atoms with Crippen LogP contribution >= 0.6 is 11.8 Å². The fourth-order valence-electron chi connectivity index (χ4n) is 3.66. The molecule has 0 fully saturated rings. The molecule has 0 aliphatic rings. The molecular formula is C29H24N2O5S. The van der Waals surface area contributed by atoms with E-state index in [0.29, 0.717) is 5.69 Å². The summed E-state index contributed by atoms with van der Waals surface area (Å²) < 4.78 is 0. The Morgan fingerprint density at radius 2 is 1.43 bits per heavy atom. The maximum Gasteiger partial charge on any atom is 0.339 e. The summed E-state index contributed by atoms with van der Waals surface area (Å²) in [5.74, 6) is -2.19. The Labute approximate surface area is 218 Å². The number of nitrogens with one attached hydrogen (secondary N) is 2. The quantitative estimate of drug-likeness (QED) is 0.168. The molecule has 0 bridgehead atoms. The molecule has 0 heterocycles. The van der Waals surface area contributed by atoms with Crippen LogP contribution in [0, 0.1) is 0 Å². The molecule has 2 amide bonds. The first-order valence-electron chi connectivity index (χ1n) is 11.4. The van der Waals surface area contributed by atoms with Gasteiger partial charge in [-0.25, -0.2) is 4.79 Å². The van der Waals surface area contributed by atoms with Crippen molar-refractivity contribution in [1.29, 1.82) is 0 Å². The van der Waals surface area contributed by atoms with Crippen LogP contribution in [-0.4, -0.2) is 28.0 Å². The van der Waals surface area contributed by atoms with Crippen LogP contribution < -0.4 is 10.6 Å². The van der Waals surface area contributed by atoms with E-state index in [0.717, 1.165) is 16.0 Å². The number of aromatic hydroxyl groups is 1. The van der Waals surface area contributed by atoms with E-state index < -0.39 is 11.2 Å². The lowest BCUT2D eigenvalue weighted by molar-refractivity contribution is -0.116. The molecule has 4 N–H and O–H groups in total. The van der Waals surface area contributed by atoms with Crippen LogP contribution in [0.15, 0.2) is 108 Å². The SMILES string of the molecule is O=C(Cc1ccccc1)Nc1cccc(SC(C(=O)Nc2ccc(O)c(C(=O)O)c2)c2ccccc2)c1. The van der Waals surface area contributed by atoms with Gasteiger partial charge in [-0.15, -0.1) is 11.8 Å². The van der Waals surface area contributed by atoms with Crippen molar-refractivity contribution in [3.63, 3.8) is 0 Å². The van der Waals surface area contributed by atoms with Gasteiger partial charge in [0.15, 0.2) is 0 Å². The molecule has 0 saturated carbocycles. The number of hydrogen-bond acceptors (Lipinski definition) is 5. The first-order chi connectivity index (χ1) is 17.9. The van der Waals surface area contributed by atoms with E-state index in [1.165, 1.54) is 30.0 Å². The van der Waals surface area contributed by atoms with Gasteiger partial charge >= 0.3 is 5.97 Å². The van der Waals surface area contributed by atoms with Crippen LogP contribution in [0.2, 0.25) is 0 Å². The molecule has 0 aliphatic carbocycles. The summed E-state index contributed by atoms with van der Waals surface area (Å²) >= 11 is 1.30. The Hall–Kier alpha value is -4.56. The molecular weight excluding hydrogens is 488 g/mol. The highest BCUT2D eigenvalue weighted by atomic mass is 32.2. The Morgan fingerprint density at radius 1 is 0.757 bits per heavy atom. The van der Waals surface area contributed by atoms with Crippen molar-refractivity contribution in [2.45, 2.75) is 16.6 Å². The normalized spacial score (nSPS) is 11.4. The van der Waals surface area contributed by atoms with E-state index >= 15 is 0 Å². The van der Waals surface area contributed by atoms with E-state index in [9.17, 15) is 24.6 Å². The second-order valence-electron chi connectivity index (χ2n) is 8.17. The van der Waals surface area contributed by atoms with Crippen LogP contribution in [0.5, 0.6) is 5.75 Å². The van der Waals surface area contributed by atoms with Gasteiger partial charge in [0.1, 0.15) is 16.6 Å². The molecule has 4 aromatic rings. The monoisotopic (exact) mass is 512 g/mol. The zero-order valence-electron chi connectivity index (χ0n) is 19.6. The van der Waals surface area contributed by atoms with Gasteiger partial charge in [0, 0.05) is 16.3 Å². The summed E-state index contributed by atoms with van der Waals surface area (Å²) in [6, 6.07) is 29.8. The lowest BCUT2D eigenvalue weighted by Gasteiger charge is -2.18. The van der Waals surface area contributed by atoms with E-state index in [-0.39, 0.29) is 35.2 Å². The van der Waals surface area contributed by atoms with E-state index in [2.05, 4.69) is 10.6 Å². The fourth-order valence-corrected chi connectivity index (χ4v) is 4.75. The van der Waals surface area contributed by atoms with Gasteiger partial charge in [0.2, 0.25) is 11.8 Å². The van der Waals surface area contributed by atoms with Gasteiger partial charge in [0.25, 0.3) is 0 Å². The summed E-state index contributed by atoms with van der Waals surface area (Å²) in [4.78, 5) is 38.0. The molecule has 0 aromatic heterocycles. The van der Waals surface area contributed by atoms with Crippen LogP contribution in [0.1, 0.15) is 26.7 Å². The summed E-state index contributed by atoms with van der Waals surface area (Å²) in [5.41, 5.74) is 2.22. The number of carboxylic acids is 1. The molecule has 0 saturated heterocycles. The third-order valence-electron chi connectivity index (χ3n) is 5.41. The highest BCUT2D eigenvalue weighted by Crippen LogP contribution is 2.37. The van der Waals surface area contributed by atoms with Gasteiger partial charge in [-0.2, -0.15) is 0 Å². The van der Waals surface area contributed by atoms with Crippen molar-refractivity contribution in [1.82, 2.24) is 0 Å². The van der Waals surface area contributed by atoms with Crippen molar-refractivity contribution in [3.8, 4) is 5.75 Å². The second kappa shape index (κ2) is 11.9. The molecule has 1 unspecified atom stereocenters. The fraction of sp³-hybridized carbons (Fsp3) is 0.0690. The summed E-state index contributed by atoms with van der Waals surface area (Å²) in [7, 11) is 0. The van der Waals surface area contributed by atoms with Crippen molar-refractivity contribution in [3.05, 3.63) is 120 Å². The van der Waals surface area contributed by atoms with Gasteiger partial charge < -0.3 is 20.8 Å². The minimum atomic E-state index is -1.30. The highest BCUT2D eigenvalue weighted by molar-refractivity contribution is 8.00. The van der Waals surface area contributed by atoms with Crippen LogP contribution in [0.25, 0.3) is 0 Å². The average Bonchev–Trinajstić information content (AvgIpc) is 2.89. The van der Waals surface area contributed by atoms with Crippen LogP contribution in [0.3, 0.4) is 0 Å². The first-order valence-corrected chi connectivity index (χ1v) is 12.3. The van der Waals surface area contributed by atoms with Crippen molar-refractivity contribution >= 4 is 40.9 Å². The summed E-state index contributed by atoms with van der Waals surface area (Å²) in [5, 5.41) is 24.0. The number of rotatable bonds is 9. The predicted molar refractivity (Wildman–Crippen MR) is 144 cm³/mol. The van der Waals surface area contributed by atoms with Gasteiger partial charge in [-0.1, -0.05) is 66.7 Å². The third-order valence-corrected chi connectivity index (χ3v) is 6.66. The number of phenols is 1. The van der Waals surface area contributed by atoms with Gasteiger partial charge in [-0.05, 0) is 47.5 Å². The van der Waals surface area contributed by atoms with E-state index in [1.807, 2.05) is 66.7 Å². The minimum absolute atomic E-state index is 0.146. The molecule has 8 heteroatoms. The van der Waals surface area contributed by atoms with Crippen LogP contribution in [-0.2, 0) is 16.0 Å². The number of hydrogen-bond donors (Lipinski definition) is 4. The number of carboxylic acid groups (broad SMARTS) is 1. The second-order valence-corrected chi connectivity index (χ2v) is 9.35. The largest absolute Gasteiger partial charge is 0.507 e. The molecule has 7 nitrogen and oxygen atoms in total. The minimum Gasteiger partial charge on any atom is -0.507 e. The zero-order chi connectivity index (χ0) is 26.2. The van der Waals surface area contributed by atoms with Crippen molar-refractivity contribution in [2.75, 3.05) is 10.6 Å². The van der Waals surface area contributed by atoms with Crippen LogP contribution in [0.4, 0.5) is 11.4 Å². The number of carbonyl (C=O) groups excluding carboxylic acids is 2. The number of amides is 2. The number of carbonyl (C=O) groups is 3. The van der Waals surface area contributed by atoms with E-state index in [4.69, 9.17) is 0 Å². The van der Waals surface area contributed by atoms with Crippen molar-refractivity contribution < 1.29 is 24.6 Å². The van der Waals surface area contributed by atoms with Gasteiger partial charge in [-0.3, -0.25) is 9.59 Å². The Bertz CT molecular complexity index is 1410. The Morgan fingerprint density at radius 3 is 2.14 bits per heavy atom. The number of thioether (sulfide) groups is 1. The summed E-state index contributed by atoms with van der Waals surface area (Å²) in [6.07, 6.45) is 0.248.